The predicted molar refractivity (Wildman–Crippen MR) is 156 cm³/mol. The number of thioether (sulfide) groups is 1. The Hall–Kier alpha value is -4.26. The maximum Gasteiger partial charge on any atom is 0.293 e. The van der Waals surface area contributed by atoms with Gasteiger partial charge in [-0.05, 0) is 59.7 Å². The lowest BCUT2D eigenvalue weighted by Crippen LogP contribution is -2.30. The highest BCUT2D eigenvalue weighted by molar-refractivity contribution is 8.00. The quantitative estimate of drug-likeness (QED) is 0.121. The first-order valence-corrected chi connectivity index (χ1v) is 14.7. The number of carbonyl (C=O) groups is 1. The lowest BCUT2D eigenvalue weighted by atomic mass is 10.0. The average Bonchev–Trinajstić information content (AvgIpc) is 2.96. The van der Waals surface area contributed by atoms with Crippen molar-refractivity contribution in [3.05, 3.63) is 119 Å². The molecule has 0 bridgehead atoms. The Labute approximate surface area is 241 Å². The molecule has 0 radical (unpaired) electrons. The lowest BCUT2D eigenvalue weighted by Gasteiger charge is -2.17. The second-order valence-electron chi connectivity index (χ2n) is 8.84. The molecule has 0 saturated heterocycles. The van der Waals surface area contributed by atoms with Gasteiger partial charge < -0.3 is 10.1 Å². The van der Waals surface area contributed by atoms with Gasteiger partial charge in [0.25, 0.3) is 21.6 Å². The van der Waals surface area contributed by atoms with Crippen LogP contribution >= 0.6 is 11.8 Å². The van der Waals surface area contributed by atoms with Crippen LogP contribution in [-0.4, -0.2) is 44.8 Å². The van der Waals surface area contributed by atoms with Gasteiger partial charge >= 0.3 is 0 Å². The van der Waals surface area contributed by atoms with Gasteiger partial charge in [0.05, 0.1) is 21.7 Å². The summed E-state index contributed by atoms with van der Waals surface area (Å²) in [4.78, 5) is 24.4. The molecule has 9 nitrogen and oxygen atoms in total. The van der Waals surface area contributed by atoms with Crippen molar-refractivity contribution in [2.45, 2.75) is 15.0 Å². The summed E-state index contributed by atoms with van der Waals surface area (Å²) in [6, 6.07) is 24.9. The maximum atomic E-state index is 13.2. The van der Waals surface area contributed by atoms with Crippen molar-refractivity contribution in [1.82, 2.24) is 4.72 Å². The van der Waals surface area contributed by atoms with Gasteiger partial charge in [-0.1, -0.05) is 42.5 Å². The maximum absolute atomic E-state index is 13.2. The Morgan fingerprint density at radius 1 is 0.976 bits per heavy atom. The van der Waals surface area contributed by atoms with E-state index in [9.17, 15) is 27.7 Å². The molecule has 2 N–H and O–H groups in total. The molecule has 4 aromatic carbocycles. The van der Waals surface area contributed by atoms with Gasteiger partial charge in [-0.25, -0.2) is 17.5 Å². The van der Waals surface area contributed by atoms with Gasteiger partial charge in [-0.15, -0.1) is 11.8 Å². The fourth-order valence-corrected chi connectivity index (χ4v) is 5.97. The smallest absolute Gasteiger partial charge is 0.293 e. The molecular weight excluding hydrogens is 569 g/mol. The number of nitro benzene ring substituents is 1. The minimum atomic E-state index is -4.43. The van der Waals surface area contributed by atoms with Gasteiger partial charge in [-0.3, -0.25) is 14.9 Å². The molecule has 4 rings (SSSR count). The zero-order valence-corrected chi connectivity index (χ0v) is 23.5. The predicted octanol–water partition coefficient (Wildman–Crippen LogP) is 5.74. The number of benzene rings is 4. The molecule has 0 aromatic heterocycles. The number of hydrogen-bond donors (Lipinski definition) is 2. The molecule has 0 fully saturated rings. The third-order valence-corrected chi connectivity index (χ3v) is 8.46. The van der Waals surface area contributed by atoms with Crippen LogP contribution in [0.15, 0.2) is 107 Å². The van der Waals surface area contributed by atoms with Crippen LogP contribution in [0.25, 0.3) is 11.1 Å². The Morgan fingerprint density at radius 3 is 2.22 bits per heavy atom. The molecule has 4 aromatic rings. The first-order valence-electron chi connectivity index (χ1n) is 12.3. The van der Waals surface area contributed by atoms with Gasteiger partial charge in [0.2, 0.25) is 0 Å². The third kappa shape index (κ3) is 7.91. The molecule has 0 aliphatic rings. The van der Waals surface area contributed by atoms with E-state index in [2.05, 4.69) is 5.32 Å². The zero-order chi connectivity index (χ0) is 29.4. The van der Waals surface area contributed by atoms with E-state index >= 15 is 0 Å². The minimum absolute atomic E-state index is 0.0623. The monoisotopic (exact) mass is 595 g/mol. The van der Waals surface area contributed by atoms with E-state index < -0.39 is 31.4 Å². The molecule has 212 valence electrons. The summed E-state index contributed by atoms with van der Waals surface area (Å²) in [7, 11) is -2.86. The van der Waals surface area contributed by atoms with Crippen molar-refractivity contribution < 1.29 is 27.3 Å². The second-order valence-corrected chi connectivity index (χ2v) is 11.9. The molecular formula is C29H26FN3O6S2. The van der Waals surface area contributed by atoms with E-state index in [1.807, 2.05) is 35.1 Å². The molecule has 1 amide bonds. The van der Waals surface area contributed by atoms with Gasteiger partial charge in [0.15, 0.2) is 0 Å². The van der Waals surface area contributed by atoms with Crippen molar-refractivity contribution in [1.29, 1.82) is 0 Å². The number of rotatable bonds is 12. The second kappa shape index (κ2) is 13.4. The van der Waals surface area contributed by atoms with Crippen molar-refractivity contribution in [3.63, 3.8) is 0 Å². The van der Waals surface area contributed by atoms with E-state index in [-0.39, 0.29) is 22.3 Å². The van der Waals surface area contributed by atoms with Crippen molar-refractivity contribution in [2.75, 3.05) is 25.6 Å². The van der Waals surface area contributed by atoms with Crippen LogP contribution in [0.5, 0.6) is 0 Å². The molecule has 0 aliphatic heterocycles. The number of hydrogen-bond acceptors (Lipinski definition) is 8. The highest BCUT2D eigenvalue weighted by Crippen LogP contribution is 2.30. The third-order valence-electron chi connectivity index (χ3n) is 5.95. The number of anilines is 1. The fourth-order valence-electron chi connectivity index (χ4n) is 3.91. The summed E-state index contributed by atoms with van der Waals surface area (Å²) >= 11 is 1.54. The van der Waals surface area contributed by atoms with Gasteiger partial charge in [0, 0.05) is 30.2 Å². The molecule has 41 heavy (non-hydrogen) atoms. The molecule has 12 heteroatoms. The molecule has 0 unspecified atom stereocenters. The Kier molecular flexibility index (Phi) is 9.71. The van der Waals surface area contributed by atoms with Crippen LogP contribution in [-0.2, 0) is 14.8 Å². The van der Waals surface area contributed by atoms with Crippen LogP contribution < -0.4 is 10.0 Å². The first kappa shape index (κ1) is 29.7. The Bertz CT molecular complexity index is 1620. The van der Waals surface area contributed by atoms with E-state index in [0.717, 1.165) is 16.5 Å². The van der Waals surface area contributed by atoms with Gasteiger partial charge in [-0.2, -0.15) is 0 Å². The van der Waals surface area contributed by atoms with Crippen molar-refractivity contribution >= 4 is 39.1 Å². The summed E-state index contributed by atoms with van der Waals surface area (Å²) in [6.45, 7) is 0.689. The molecule has 0 aliphatic carbocycles. The highest BCUT2D eigenvalue weighted by atomic mass is 32.2. The molecule has 0 spiro atoms. The summed E-state index contributed by atoms with van der Waals surface area (Å²) in [5.74, 6) is -1.28. The lowest BCUT2D eigenvalue weighted by molar-refractivity contribution is -0.384. The summed E-state index contributed by atoms with van der Waals surface area (Å²) in [6.07, 6.45) is 0. The average molecular weight is 596 g/mol. The molecule has 0 heterocycles. The van der Waals surface area contributed by atoms with Crippen LogP contribution in [0.1, 0.15) is 10.4 Å². The van der Waals surface area contributed by atoms with E-state index in [0.29, 0.717) is 18.7 Å². The number of carbonyl (C=O) groups excluding carboxylic acids is 1. The van der Waals surface area contributed by atoms with E-state index in [1.165, 1.54) is 36.4 Å². The highest BCUT2D eigenvalue weighted by Gasteiger charge is 2.24. The number of amides is 1. The number of ether oxygens (including phenoxy) is 1. The normalized spacial score (nSPS) is 12.0. The number of nitro groups is 1. The first-order chi connectivity index (χ1) is 19.7. The zero-order valence-electron chi connectivity index (χ0n) is 21.8. The van der Waals surface area contributed by atoms with Crippen LogP contribution in [0.3, 0.4) is 0 Å². The molecule has 1 atom stereocenters. The number of nitrogens with one attached hydrogen (secondary N) is 2. The standard InChI is InChI=1S/C29H26FN3O6S2/c1-39-19-25(40-24-5-3-2-4-6-24)18-31-27-16-15-26(17-28(27)33(35)36)41(37,38)32-29(34)22-9-7-20(8-10-22)21-11-13-23(30)14-12-21/h2-17,25,31H,18-19H2,1H3,(H,32,34)/t25-/m1/s1. The SMILES string of the molecule is COC[C@@H](CNc1ccc(S(=O)(=O)NC(=O)c2ccc(-c3ccc(F)cc3)cc2)cc1[N+](=O)[O-])Sc1ccccc1. The number of nitrogens with zero attached hydrogens (tertiary/aromatic N) is 1. The number of halogens is 1. The van der Waals surface area contributed by atoms with Crippen molar-refractivity contribution in [3.8, 4) is 11.1 Å². The Balaban J connectivity index is 1.46. The van der Waals surface area contributed by atoms with Crippen LogP contribution in [0.4, 0.5) is 15.8 Å². The van der Waals surface area contributed by atoms with Gasteiger partial charge in [0.1, 0.15) is 11.5 Å². The number of methoxy groups -OCH3 is 1. The van der Waals surface area contributed by atoms with Crippen molar-refractivity contribution in [2.24, 2.45) is 0 Å². The summed E-state index contributed by atoms with van der Waals surface area (Å²) < 4.78 is 46.3. The molecule has 0 saturated carbocycles. The largest absolute Gasteiger partial charge is 0.383 e. The summed E-state index contributed by atoms with van der Waals surface area (Å²) in [5, 5.41) is 14.7. The van der Waals surface area contributed by atoms with Crippen LogP contribution in [0.2, 0.25) is 0 Å². The summed E-state index contributed by atoms with van der Waals surface area (Å²) in [5.41, 5.74) is 1.17. The topological polar surface area (TPSA) is 128 Å². The van der Waals surface area contributed by atoms with Crippen LogP contribution in [0, 0.1) is 15.9 Å². The van der Waals surface area contributed by atoms with E-state index in [4.69, 9.17) is 4.74 Å². The minimum Gasteiger partial charge on any atom is -0.383 e. The number of sulfonamides is 1. The Morgan fingerprint density at radius 2 is 1.61 bits per heavy atom. The fraction of sp³-hybridized carbons (Fsp3) is 0.138. The van der Waals surface area contributed by atoms with E-state index in [1.54, 1.807) is 43.1 Å².